The molecule has 0 N–H and O–H groups in total. The molecule has 0 atom stereocenters. The first-order chi connectivity index (χ1) is 10.8. The van der Waals surface area contributed by atoms with Crippen LogP contribution >= 0.6 is 27.5 Å². The highest BCUT2D eigenvalue weighted by Gasteiger charge is 2.17. The van der Waals surface area contributed by atoms with Gasteiger partial charge >= 0.3 is 0 Å². The summed E-state index contributed by atoms with van der Waals surface area (Å²) in [5.74, 6) is 0. The van der Waals surface area contributed by atoms with Gasteiger partial charge in [0.1, 0.15) is 5.52 Å². The zero-order chi connectivity index (χ0) is 16.8. The van der Waals surface area contributed by atoms with Crippen LogP contribution in [0.1, 0.15) is 31.9 Å². The number of hydrogen-bond acceptors (Lipinski definition) is 2. The molecule has 23 heavy (non-hydrogen) atoms. The van der Waals surface area contributed by atoms with Gasteiger partial charge in [0.2, 0.25) is 0 Å². The Bertz CT molecular complexity index is 898. The van der Waals surface area contributed by atoms with Crippen molar-refractivity contribution in [3.63, 3.8) is 0 Å². The van der Waals surface area contributed by atoms with E-state index in [2.05, 4.69) is 53.8 Å². The van der Waals surface area contributed by atoms with Gasteiger partial charge in [-0.05, 0) is 57.6 Å². The van der Waals surface area contributed by atoms with Crippen molar-refractivity contribution in [1.82, 2.24) is 9.97 Å². The number of benzene rings is 2. The standard InChI is InChI=1S/C19H18BrClN2/c1-11-5-6-13(15(21)7-11)17-10-22-18-14(20)8-12(19(2,3)4)9-16(18)23-17/h5-10H,1-4H3. The summed E-state index contributed by atoms with van der Waals surface area (Å²) >= 11 is 9.99. The third kappa shape index (κ3) is 3.26. The average Bonchev–Trinajstić information content (AvgIpc) is 2.45. The third-order valence-corrected chi connectivity index (χ3v) is 4.78. The van der Waals surface area contributed by atoms with Gasteiger partial charge in [0.25, 0.3) is 0 Å². The van der Waals surface area contributed by atoms with Crippen LogP contribution < -0.4 is 0 Å². The SMILES string of the molecule is Cc1ccc(-c2cnc3c(Br)cc(C(C)(C)C)cc3n2)c(Cl)c1. The summed E-state index contributed by atoms with van der Waals surface area (Å²) in [6.07, 6.45) is 1.78. The van der Waals surface area contributed by atoms with Crippen molar-refractivity contribution >= 4 is 38.6 Å². The molecule has 0 aliphatic heterocycles. The second-order valence-electron chi connectivity index (χ2n) is 6.81. The lowest BCUT2D eigenvalue weighted by Crippen LogP contribution is -2.11. The normalized spacial score (nSPS) is 11.9. The summed E-state index contributed by atoms with van der Waals surface area (Å²) in [6.45, 7) is 8.59. The summed E-state index contributed by atoms with van der Waals surface area (Å²) < 4.78 is 0.967. The zero-order valence-electron chi connectivity index (χ0n) is 13.6. The Morgan fingerprint density at radius 1 is 1.09 bits per heavy atom. The fourth-order valence-electron chi connectivity index (χ4n) is 2.47. The highest BCUT2D eigenvalue weighted by molar-refractivity contribution is 9.10. The van der Waals surface area contributed by atoms with Crippen LogP contribution in [0.4, 0.5) is 0 Å². The summed E-state index contributed by atoms with van der Waals surface area (Å²) in [5, 5.41) is 0.699. The van der Waals surface area contributed by atoms with Crippen LogP contribution in [0.3, 0.4) is 0 Å². The van der Waals surface area contributed by atoms with E-state index in [-0.39, 0.29) is 5.41 Å². The molecule has 0 saturated heterocycles. The first-order valence-corrected chi connectivity index (χ1v) is 8.66. The van der Waals surface area contributed by atoms with Crippen molar-refractivity contribution < 1.29 is 0 Å². The van der Waals surface area contributed by atoms with Gasteiger partial charge in [0, 0.05) is 10.0 Å². The van der Waals surface area contributed by atoms with Gasteiger partial charge in [0.15, 0.2) is 0 Å². The molecule has 0 aliphatic carbocycles. The largest absolute Gasteiger partial charge is 0.251 e. The number of nitrogens with zero attached hydrogens (tertiary/aromatic N) is 2. The molecule has 4 heteroatoms. The van der Waals surface area contributed by atoms with Crippen LogP contribution in [0.5, 0.6) is 0 Å². The van der Waals surface area contributed by atoms with E-state index >= 15 is 0 Å². The second kappa shape index (κ2) is 5.88. The summed E-state index contributed by atoms with van der Waals surface area (Å²) in [4.78, 5) is 9.37. The van der Waals surface area contributed by atoms with Crippen molar-refractivity contribution in [2.45, 2.75) is 33.1 Å². The molecule has 0 fully saturated rings. The van der Waals surface area contributed by atoms with Crippen LogP contribution in [0.15, 0.2) is 41.0 Å². The highest BCUT2D eigenvalue weighted by atomic mass is 79.9. The topological polar surface area (TPSA) is 25.8 Å². The number of hydrogen-bond donors (Lipinski definition) is 0. The number of aryl methyl sites for hydroxylation is 1. The fraction of sp³-hybridized carbons (Fsp3) is 0.263. The van der Waals surface area contributed by atoms with E-state index in [1.807, 2.05) is 25.1 Å². The lowest BCUT2D eigenvalue weighted by molar-refractivity contribution is 0.590. The van der Waals surface area contributed by atoms with Crippen LogP contribution in [-0.4, -0.2) is 9.97 Å². The molecule has 0 radical (unpaired) electrons. The van der Waals surface area contributed by atoms with E-state index in [9.17, 15) is 0 Å². The van der Waals surface area contributed by atoms with Gasteiger partial charge < -0.3 is 0 Å². The number of fused-ring (bicyclic) bond motifs is 1. The summed E-state index contributed by atoms with van der Waals surface area (Å²) in [5.41, 5.74) is 5.84. The molecule has 1 aromatic heterocycles. The van der Waals surface area contributed by atoms with Crippen molar-refractivity contribution in [2.75, 3.05) is 0 Å². The van der Waals surface area contributed by atoms with E-state index in [4.69, 9.17) is 16.6 Å². The van der Waals surface area contributed by atoms with E-state index < -0.39 is 0 Å². The van der Waals surface area contributed by atoms with Gasteiger partial charge in [-0.2, -0.15) is 0 Å². The molecule has 0 saturated carbocycles. The predicted octanol–water partition coefficient (Wildman–Crippen LogP) is 6.32. The quantitative estimate of drug-likeness (QED) is 0.487. The van der Waals surface area contributed by atoms with Crippen molar-refractivity contribution in [2.24, 2.45) is 0 Å². The molecule has 3 rings (SSSR count). The van der Waals surface area contributed by atoms with Crippen molar-refractivity contribution in [3.05, 3.63) is 57.2 Å². The summed E-state index contributed by atoms with van der Waals surface area (Å²) in [6, 6.07) is 10.2. The molecule has 0 aliphatic rings. The van der Waals surface area contributed by atoms with Gasteiger partial charge in [-0.1, -0.05) is 44.5 Å². The first kappa shape index (κ1) is 16.4. The van der Waals surface area contributed by atoms with Crippen LogP contribution in [-0.2, 0) is 5.41 Å². The maximum Gasteiger partial charge on any atom is 0.103 e. The Morgan fingerprint density at radius 3 is 2.48 bits per heavy atom. The van der Waals surface area contributed by atoms with E-state index in [0.29, 0.717) is 5.02 Å². The van der Waals surface area contributed by atoms with Gasteiger partial charge in [-0.3, -0.25) is 4.98 Å². The monoisotopic (exact) mass is 388 g/mol. The van der Waals surface area contributed by atoms with Gasteiger partial charge in [-0.25, -0.2) is 4.98 Å². The minimum absolute atomic E-state index is 0.0515. The molecule has 118 valence electrons. The van der Waals surface area contributed by atoms with Crippen LogP contribution in [0, 0.1) is 6.92 Å². The minimum Gasteiger partial charge on any atom is -0.251 e. The molecule has 2 aromatic carbocycles. The molecular formula is C19H18BrClN2. The molecule has 0 spiro atoms. The third-order valence-electron chi connectivity index (χ3n) is 3.87. The van der Waals surface area contributed by atoms with Gasteiger partial charge in [0.05, 0.1) is 22.4 Å². The first-order valence-electron chi connectivity index (χ1n) is 7.49. The van der Waals surface area contributed by atoms with E-state index in [1.54, 1.807) is 6.20 Å². The molecule has 1 heterocycles. The van der Waals surface area contributed by atoms with Crippen LogP contribution in [0.2, 0.25) is 5.02 Å². The van der Waals surface area contributed by atoms with E-state index in [0.717, 1.165) is 32.3 Å². The lowest BCUT2D eigenvalue weighted by Gasteiger charge is -2.20. The summed E-state index contributed by atoms with van der Waals surface area (Å²) in [7, 11) is 0. The van der Waals surface area contributed by atoms with Crippen molar-refractivity contribution in [1.29, 1.82) is 0 Å². The zero-order valence-corrected chi connectivity index (χ0v) is 16.0. The van der Waals surface area contributed by atoms with Crippen LogP contribution in [0.25, 0.3) is 22.3 Å². The second-order valence-corrected chi connectivity index (χ2v) is 8.08. The van der Waals surface area contributed by atoms with Crippen molar-refractivity contribution in [3.8, 4) is 11.3 Å². The van der Waals surface area contributed by atoms with E-state index in [1.165, 1.54) is 5.56 Å². The smallest absolute Gasteiger partial charge is 0.103 e. The molecule has 2 nitrogen and oxygen atoms in total. The average molecular weight is 390 g/mol. The van der Waals surface area contributed by atoms with Gasteiger partial charge in [-0.15, -0.1) is 0 Å². The number of aromatic nitrogens is 2. The number of halogens is 2. The molecule has 0 bridgehead atoms. The number of rotatable bonds is 1. The highest BCUT2D eigenvalue weighted by Crippen LogP contribution is 2.32. The minimum atomic E-state index is 0.0515. The fourth-order valence-corrected chi connectivity index (χ4v) is 3.36. The Labute approximate surface area is 150 Å². The molecule has 0 unspecified atom stereocenters. The Morgan fingerprint density at radius 2 is 1.83 bits per heavy atom. The molecular weight excluding hydrogens is 372 g/mol. The predicted molar refractivity (Wildman–Crippen MR) is 101 cm³/mol. The molecule has 3 aromatic rings. The molecule has 0 amide bonds. The maximum absolute atomic E-state index is 6.37. The Balaban J connectivity index is 2.21. The Hall–Kier alpha value is -1.45. The Kier molecular flexibility index (Phi) is 4.19. The maximum atomic E-state index is 6.37. The lowest BCUT2D eigenvalue weighted by atomic mass is 9.87.